The van der Waals surface area contributed by atoms with Gasteiger partial charge < -0.3 is 14.6 Å². The van der Waals surface area contributed by atoms with E-state index in [2.05, 4.69) is 43.4 Å². The van der Waals surface area contributed by atoms with Gasteiger partial charge in [0, 0.05) is 48.9 Å². The maximum Gasteiger partial charge on any atom is 0.224 e. The molecule has 0 aliphatic heterocycles. The number of hydrogen-bond donors (Lipinski definition) is 2. The molecule has 2 heterocycles. The number of nitrogens with zero attached hydrogens (tertiary/aromatic N) is 3. The molecule has 4 aromatic rings. The molecular weight excluding hydrogens is 366 g/mol. The molecule has 2 aromatic heterocycles. The number of rotatable bonds is 7. The van der Waals surface area contributed by atoms with E-state index < -0.39 is 0 Å². The second kappa shape index (κ2) is 8.28. The molecule has 0 aliphatic carbocycles. The van der Waals surface area contributed by atoms with Gasteiger partial charge in [-0.1, -0.05) is 18.2 Å². The van der Waals surface area contributed by atoms with Crippen molar-refractivity contribution in [3.63, 3.8) is 0 Å². The van der Waals surface area contributed by atoms with E-state index in [4.69, 9.17) is 4.74 Å². The van der Waals surface area contributed by atoms with Gasteiger partial charge in [0.05, 0.1) is 0 Å². The van der Waals surface area contributed by atoms with Gasteiger partial charge in [0.15, 0.2) is 11.6 Å². The van der Waals surface area contributed by atoms with E-state index in [1.807, 2.05) is 43.4 Å². The predicted octanol–water partition coefficient (Wildman–Crippen LogP) is 3.68. The number of aryl methyl sites for hydroxylation is 2. The summed E-state index contributed by atoms with van der Waals surface area (Å²) in [4.78, 5) is 16.8. The fourth-order valence-corrected chi connectivity index (χ4v) is 3.42. The van der Waals surface area contributed by atoms with E-state index in [9.17, 15) is 4.79 Å². The van der Waals surface area contributed by atoms with E-state index in [1.165, 1.54) is 16.5 Å². The van der Waals surface area contributed by atoms with Gasteiger partial charge in [-0.3, -0.25) is 9.89 Å². The number of amides is 1. The third-order valence-corrected chi connectivity index (χ3v) is 4.84. The number of aromatic nitrogens is 4. The van der Waals surface area contributed by atoms with Crippen LogP contribution in [0, 0.1) is 0 Å². The van der Waals surface area contributed by atoms with Crippen LogP contribution in [0.25, 0.3) is 22.3 Å². The van der Waals surface area contributed by atoms with E-state index in [-0.39, 0.29) is 5.91 Å². The molecule has 0 aliphatic rings. The second-order valence-electron chi connectivity index (χ2n) is 6.95. The van der Waals surface area contributed by atoms with Gasteiger partial charge in [-0.25, -0.2) is 4.98 Å². The monoisotopic (exact) mass is 389 g/mol. The minimum atomic E-state index is -0.00837. The van der Waals surface area contributed by atoms with Crippen molar-refractivity contribution in [3.8, 4) is 11.4 Å². The summed E-state index contributed by atoms with van der Waals surface area (Å²) in [5, 5.41) is 11.2. The van der Waals surface area contributed by atoms with Gasteiger partial charge >= 0.3 is 0 Å². The van der Waals surface area contributed by atoms with Crippen LogP contribution in [0.15, 0.2) is 54.7 Å². The lowest BCUT2D eigenvalue weighted by molar-refractivity contribution is -0.116. The summed E-state index contributed by atoms with van der Waals surface area (Å²) < 4.78 is 7.14. The highest BCUT2D eigenvalue weighted by molar-refractivity contribution is 5.92. The average Bonchev–Trinajstić information content (AvgIpc) is 3.32. The lowest BCUT2D eigenvalue weighted by atomic mass is 10.1. The molecule has 2 N–H and O–H groups in total. The Balaban J connectivity index is 1.37. The molecular formula is C22H23N5O2. The largest absolute Gasteiger partial charge is 0.377 e. The Bertz CT molecular complexity index is 1130. The lowest BCUT2D eigenvalue weighted by Gasteiger charge is -2.06. The molecule has 0 atom stereocenters. The topological polar surface area (TPSA) is 84.8 Å². The van der Waals surface area contributed by atoms with Crippen LogP contribution in [-0.4, -0.2) is 32.8 Å². The number of methoxy groups -OCH3 is 1. The number of carbonyl (C=O) groups excluding carboxylic acids is 1. The number of H-pyrrole nitrogens is 1. The summed E-state index contributed by atoms with van der Waals surface area (Å²) in [6, 6.07) is 15.7. The summed E-state index contributed by atoms with van der Waals surface area (Å²) in [5.41, 5.74) is 3.99. The van der Waals surface area contributed by atoms with Crippen molar-refractivity contribution < 1.29 is 9.53 Å². The van der Waals surface area contributed by atoms with Crippen LogP contribution in [-0.2, 0) is 29.6 Å². The van der Waals surface area contributed by atoms with Crippen molar-refractivity contribution in [2.75, 3.05) is 12.4 Å². The number of ether oxygens (including phenoxy) is 1. The third-order valence-electron chi connectivity index (χ3n) is 4.84. The Hall–Kier alpha value is -3.45. The first-order chi connectivity index (χ1) is 14.1. The molecule has 0 saturated heterocycles. The van der Waals surface area contributed by atoms with E-state index in [1.54, 1.807) is 7.11 Å². The molecule has 4 rings (SSSR count). The lowest BCUT2D eigenvalue weighted by Crippen LogP contribution is -2.12. The Labute approximate surface area is 168 Å². The number of benzene rings is 2. The molecule has 7 nitrogen and oxygen atoms in total. The highest BCUT2D eigenvalue weighted by atomic mass is 16.5. The summed E-state index contributed by atoms with van der Waals surface area (Å²) in [5.74, 6) is 1.27. The van der Waals surface area contributed by atoms with Crippen LogP contribution in [0.1, 0.15) is 17.8 Å². The van der Waals surface area contributed by atoms with Crippen LogP contribution in [0.2, 0.25) is 0 Å². The average molecular weight is 389 g/mol. The van der Waals surface area contributed by atoms with Crippen molar-refractivity contribution in [2.45, 2.75) is 19.4 Å². The zero-order chi connectivity index (χ0) is 20.2. The summed E-state index contributed by atoms with van der Waals surface area (Å²) >= 11 is 0. The Morgan fingerprint density at radius 3 is 2.76 bits per heavy atom. The number of para-hydroxylation sites is 1. The van der Waals surface area contributed by atoms with Crippen molar-refractivity contribution >= 4 is 22.5 Å². The highest BCUT2D eigenvalue weighted by Gasteiger charge is 2.10. The molecule has 0 fully saturated rings. The Morgan fingerprint density at radius 1 is 1.17 bits per heavy atom. The standard InChI is InChI=1S/C22H23N5O2/c1-27-13-16(18-5-3-4-6-19(18)27)9-12-21(28)23-17-10-7-15(8-11-17)22-24-20(14-29-2)25-26-22/h3-8,10-11,13H,9,12,14H2,1-2H3,(H,23,28)(H,24,25,26). The van der Waals surface area contributed by atoms with E-state index in [0.29, 0.717) is 31.1 Å². The van der Waals surface area contributed by atoms with Gasteiger partial charge in [0.1, 0.15) is 6.61 Å². The summed E-state index contributed by atoms with van der Waals surface area (Å²) in [7, 11) is 3.64. The van der Waals surface area contributed by atoms with Crippen LogP contribution in [0.3, 0.4) is 0 Å². The zero-order valence-electron chi connectivity index (χ0n) is 16.5. The van der Waals surface area contributed by atoms with Gasteiger partial charge in [-0.05, 0) is 42.3 Å². The molecule has 0 unspecified atom stereocenters. The SMILES string of the molecule is COCc1nc(-c2ccc(NC(=O)CCc3cn(C)c4ccccc34)cc2)n[nH]1. The molecule has 7 heteroatoms. The van der Waals surface area contributed by atoms with Gasteiger partial charge in [0.2, 0.25) is 5.91 Å². The first kappa shape index (κ1) is 18.9. The van der Waals surface area contributed by atoms with Gasteiger partial charge in [0.25, 0.3) is 0 Å². The minimum Gasteiger partial charge on any atom is -0.377 e. The smallest absolute Gasteiger partial charge is 0.224 e. The summed E-state index contributed by atoms with van der Waals surface area (Å²) in [6.45, 7) is 0.387. The first-order valence-corrected chi connectivity index (χ1v) is 9.47. The van der Waals surface area contributed by atoms with Crippen molar-refractivity contribution in [2.24, 2.45) is 7.05 Å². The van der Waals surface area contributed by atoms with Crippen LogP contribution < -0.4 is 5.32 Å². The number of nitrogens with one attached hydrogen (secondary N) is 2. The number of hydrogen-bond acceptors (Lipinski definition) is 4. The van der Waals surface area contributed by atoms with Crippen molar-refractivity contribution in [3.05, 3.63) is 66.1 Å². The van der Waals surface area contributed by atoms with Gasteiger partial charge in [-0.15, -0.1) is 0 Å². The molecule has 29 heavy (non-hydrogen) atoms. The first-order valence-electron chi connectivity index (χ1n) is 9.47. The van der Waals surface area contributed by atoms with Crippen LogP contribution >= 0.6 is 0 Å². The molecule has 148 valence electrons. The third kappa shape index (κ3) is 4.20. The molecule has 0 spiro atoms. The molecule has 2 aromatic carbocycles. The molecule has 0 saturated carbocycles. The summed E-state index contributed by atoms with van der Waals surface area (Å²) in [6.07, 6.45) is 3.23. The minimum absolute atomic E-state index is 0.00837. The number of fused-ring (bicyclic) bond motifs is 1. The molecule has 0 bridgehead atoms. The van der Waals surface area contributed by atoms with E-state index in [0.717, 1.165) is 11.3 Å². The highest BCUT2D eigenvalue weighted by Crippen LogP contribution is 2.22. The van der Waals surface area contributed by atoms with Crippen molar-refractivity contribution in [1.29, 1.82) is 0 Å². The normalized spacial score (nSPS) is 11.1. The Kier molecular flexibility index (Phi) is 5.39. The second-order valence-corrected chi connectivity index (χ2v) is 6.95. The number of aromatic amines is 1. The predicted molar refractivity (Wildman–Crippen MR) is 112 cm³/mol. The maximum atomic E-state index is 12.4. The molecule has 0 radical (unpaired) electrons. The fraction of sp³-hybridized carbons (Fsp3) is 0.227. The van der Waals surface area contributed by atoms with Gasteiger partial charge in [-0.2, -0.15) is 5.10 Å². The quantitative estimate of drug-likeness (QED) is 0.505. The molecule has 1 amide bonds. The maximum absolute atomic E-state index is 12.4. The number of anilines is 1. The fourth-order valence-electron chi connectivity index (χ4n) is 3.42. The number of carbonyl (C=O) groups is 1. The Morgan fingerprint density at radius 2 is 1.97 bits per heavy atom. The van der Waals surface area contributed by atoms with E-state index >= 15 is 0 Å². The zero-order valence-corrected chi connectivity index (χ0v) is 16.5. The van der Waals surface area contributed by atoms with Crippen LogP contribution in [0.4, 0.5) is 5.69 Å². The van der Waals surface area contributed by atoms with Crippen LogP contribution in [0.5, 0.6) is 0 Å². The van der Waals surface area contributed by atoms with Crippen molar-refractivity contribution in [1.82, 2.24) is 19.7 Å².